The van der Waals surface area contributed by atoms with Gasteiger partial charge in [-0.1, -0.05) is 48.4 Å². The minimum Gasteiger partial charge on any atom is -0.481 e. The number of alkyl halides is 3. The Morgan fingerprint density at radius 3 is 2.56 bits per heavy atom. The lowest BCUT2D eigenvalue weighted by atomic mass is 9.94. The van der Waals surface area contributed by atoms with Crippen LogP contribution in [0.1, 0.15) is 62.0 Å². The molecule has 2 atom stereocenters. The number of β-amino-alcohol motifs (C(OH)–C–C–N with tert-alkyl or cyclic N) is 1. The quantitative estimate of drug-likeness (QED) is 0.443. The Morgan fingerprint density at radius 2 is 1.92 bits per heavy atom. The van der Waals surface area contributed by atoms with E-state index < -0.39 is 41.3 Å². The van der Waals surface area contributed by atoms with Crippen LogP contribution in [0.5, 0.6) is 0 Å². The first kappa shape index (κ1) is 25.8. The highest BCUT2D eigenvalue weighted by molar-refractivity contribution is 5.67. The average Bonchev–Trinajstić information content (AvgIpc) is 3.46. The number of hydrogen-bond acceptors (Lipinski definition) is 8. The number of piperidine rings is 1. The summed E-state index contributed by atoms with van der Waals surface area (Å²) in [5.41, 5.74) is -0.462. The van der Waals surface area contributed by atoms with Gasteiger partial charge in [0.25, 0.3) is 5.89 Å². The van der Waals surface area contributed by atoms with Crippen LogP contribution in [0, 0.1) is 5.92 Å². The summed E-state index contributed by atoms with van der Waals surface area (Å²) in [5.74, 6) is -1.94. The molecule has 1 aliphatic rings. The molecule has 194 valence electrons. The zero-order chi connectivity index (χ0) is 26.0. The minimum absolute atomic E-state index is 0.0671. The SMILES string of the molecule is CC(C)c1onc(-c2nc(-c3ccc([C@@H](O)CN4CCC[C@H](CC(=O)O)C4)cc3)no2)c1C(F)(F)F. The Bertz CT molecular complexity index is 1190. The van der Waals surface area contributed by atoms with Crippen molar-refractivity contribution in [2.24, 2.45) is 5.92 Å². The maximum atomic E-state index is 13.6. The summed E-state index contributed by atoms with van der Waals surface area (Å²) in [5, 5.41) is 27.0. The topological polar surface area (TPSA) is 126 Å². The van der Waals surface area contributed by atoms with E-state index in [1.807, 2.05) is 0 Å². The van der Waals surface area contributed by atoms with E-state index in [2.05, 4.69) is 20.2 Å². The van der Waals surface area contributed by atoms with E-state index in [4.69, 9.17) is 14.2 Å². The van der Waals surface area contributed by atoms with Gasteiger partial charge in [-0.25, -0.2) is 0 Å². The second-order valence-corrected chi connectivity index (χ2v) is 9.35. The fourth-order valence-electron chi connectivity index (χ4n) is 4.49. The zero-order valence-electron chi connectivity index (χ0n) is 19.8. The molecule has 0 bridgehead atoms. The molecule has 0 radical (unpaired) electrons. The molecule has 0 aliphatic carbocycles. The first-order chi connectivity index (χ1) is 17.0. The van der Waals surface area contributed by atoms with Gasteiger partial charge < -0.3 is 24.2 Å². The smallest absolute Gasteiger partial charge is 0.422 e. The molecular formula is C24H27F3N4O5. The first-order valence-corrected chi connectivity index (χ1v) is 11.7. The van der Waals surface area contributed by atoms with Crippen LogP contribution in [0.15, 0.2) is 33.3 Å². The number of rotatable bonds is 8. The van der Waals surface area contributed by atoms with Gasteiger partial charge in [0.2, 0.25) is 5.82 Å². The zero-order valence-corrected chi connectivity index (χ0v) is 19.8. The second-order valence-electron chi connectivity index (χ2n) is 9.35. The van der Waals surface area contributed by atoms with E-state index >= 15 is 0 Å². The highest BCUT2D eigenvalue weighted by Crippen LogP contribution is 2.41. The molecule has 3 aromatic rings. The Morgan fingerprint density at radius 1 is 1.19 bits per heavy atom. The molecule has 1 aliphatic heterocycles. The van der Waals surface area contributed by atoms with E-state index in [0.717, 1.165) is 19.4 Å². The first-order valence-electron chi connectivity index (χ1n) is 11.7. The van der Waals surface area contributed by atoms with Gasteiger partial charge in [0.05, 0.1) is 6.10 Å². The molecule has 1 fully saturated rings. The summed E-state index contributed by atoms with van der Waals surface area (Å²) in [4.78, 5) is 17.1. The van der Waals surface area contributed by atoms with Crippen LogP contribution in [0.4, 0.5) is 13.2 Å². The van der Waals surface area contributed by atoms with Gasteiger partial charge in [-0.05, 0) is 30.9 Å². The molecule has 12 heteroatoms. The summed E-state index contributed by atoms with van der Waals surface area (Å²) >= 11 is 0. The van der Waals surface area contributed by atoms with Gasteiger partial charge >= 0.3 is 12.1 Å². The third kappa shape index (κ3) is 5.76. The lowest BCUT2D eigenvalue weighted by Gasteiger charge is -2.33. The predicted octanol–water partition coefficient (Wildman–Crippen LogP) is 4.75. The van der Waals surface area contributed by atoms with Crippen LogP contribution in [-0.4, -0.2) is 56.0 Å². The van der Waals surface area contributed by atoms with Crippen LogP contribution in [-0.2, 0) is 11.0 Å². The van der Waals surface area contributed by atoms with Crippen LogP contribution < -0.4 is 0 Å². The molecule has 0 amide bonds. The summed E-state index contributed by atoms with van der Waals surface area (Å²) in [6.07, 6.45) is -3.64. The van der Waals surface area contributed by atoms with Crippen molar-refractivity contribution in [1.29, 1.82) is 0 Å². The Kier molecular flexibility index (Phi) is 7.46. The van der Waals surface area contributed by atoms with Gasteiger partial charge in [-0.15, -0.1) is 0 Å². The summed E-state index contributed by atoms with van der Waals surface area (Å²) < 4.78 is 50.9. The Balaban J connectivity index is 1.46. The fraction of sp³-hybridized carbons (Fsp3) is 0.500. The molecule has 36 heavy (non-hydrogen) atoms. The number of likely N-dealkylation sites (tertiary alicyclic amines) is 1. The Hall–Kier alpha value is -3.25. The number of aliphatic hydroxyl groups excluding tert-OH is 1. The summed E-state index contributed by atoms with van der Waals surface area (Å²) in [7, 11) is 0. The summed E-state index contributed by atoms with van der Waals surface area (Å²) in [6.45, 7) is 4.90. The number of benzene rings is 1. The normalized spacial score (nSPS) is 18.0. The van der Waals surface area contributed by atoms with Gasteiger partial charge in [0.15, 0.2) is 11.5 Å². The molecule has 0 spiro atoms. The van der Waals surface area contributed by atoms with Crippen LogP contribution in [0.2, 0.25) is 0 Å². The third-order valence-electron chi connectivity index (χ3n) is 6.21. The van der Waals surface area contributed by atoms with E-state index in [1.54, 1.807) is 38.1 Å². The van der Waals surface area contributed by atoms with E-state index in [-0.39, 0.29) is 23.9 Å². The highest BCUT2D eigenvalue weighted by atomic mass is 19.4. The number of carboxylic acids is 1. The molecule has 4 rings (SSSR count). The number of hydrogen-bond donors (Lipinski definition) is 2. The molecule has 2 aromatic heterocycles. The molecule has 0 saturated carbocycles. The van der Waals surface area contributed by atoms with Crippen molar-refractivity contribution in [2.75, 3.05) is 19.6 Å². The maximum absolute atomic E-state index is 13.6. The average molecular weight is 508 g/mol. The third-order valence-corrected chi connectivity index (χ3v) is 6.21. The van der Waals surface area contributed by atoms with E-state index in [1.165, 1.54) is 0 Å². The number of carbonyl (C=O) groups is 1. The van der Waals surface area contributed by atoms with Crippen molar-refractivity contribution in [3.8, 4) is 23.0 Å². The molecule has 1 aromatic carbocycles. The van der Waals surface area contributed by atoms with Gasteiger partial charge in [-0.2, -0.15) is 18.2 Å². The lowest BCUT2D eigenvalue weighted by molar-refractivity contribution is -0.139. The number of aliphatic carboxylic acids is 1. The van der Waals surface area contributed by atoms with Gasteiger partial charge in [0.1, 0.15) is 5.56 Å². The van der Waals surface area contributed by atoms with Crippen LogP contribution in [0.25, 0.3) is 23.0 Å². The number of nitrogens with zero attached hydrogens (tertiary/aromatic N) is 4. The molecular weight excluding hydrogens is 481 g/mol. The van der Waals surface area contributed by atoms with Gasteiger partial charge in [-0.3, -0.25) is 4.79 Å². The molecule has 9 nitrogen and oxygen atoms in total. The van der Waals surface area contributed by atoms with Crippen molar-refractivity contribution in [3.05, 3.63) is 41.2 Å². The summed E-state index contributed by atoms with van der Waals surface area (Å²) in [6, 6.07) is 6.65. The largest absolute Gasteiger partial charge is 0.481 e. The van der Waals surface area contributed by atoms with Crippen LogP contribution in [0.3, 0.4) is 0 Å². The predicted molar refractivity (Wildman–Crippen MR) is 121 cm³/mol. The number of aromatic nitrogens is 3. The number of halogens is 3. The Labute approximate surface area is 204 Å². The number of carboxylic acid groups (broad SMARTS) is 1. The fourth-order valence-corrected chi connectivity index (χ4v) is 4.49. The van der Waals surface area contributed by atoms with Crippen molar-refractivity contribution in [2.45, 2.75) is 51.3 Å². The molecule has 3 heterocycles. The minimum atomic E-state index is -4.71. The van der Waals surface area contributed by atoms with Gasteiger partial charge in [0, 0.05) is 31.0 Å². The van der Waals surface area contributed by atoms with E-state index in [9.17, 15) is 23.1 Å². The van der Waals surface area contributed by atoms with Crippen molar-refractivity contribution >= 4 is 5.97 Å². The van der Waals surface area contributed by atoms with E-state index in [0.29, 0.717) is 24.2 Å². The molecule has 0 unspecified atom stereocenters. The van der Waals surface area contributed by atoms with Crippen LogP contribution >= 0.6 is 0 Å². The highest BCUT2D eigenvalue weighted by Gasteiger charge is 2.43. The number of aliphatic hydroxyl groups is 1. The standard InChI is InChI=1S/C24H27F3N4O5/c1-13(2)21-19(24(25,26)27)20(29-35-21)23-28-22(30-36-23)16-7-5-15(6-8-16)17(32)12-31-9-3-4-14(11-31)10-18(33)34/h5-8,13-14,17,32H,3-4,9-12H2,1-2H3,(H,33,34)/t14-,17+/m1/s1. The lowest BCUT2D eigenvalue weighted by Crippen LogP contribution is -2.38. The molecule has 1 saturated heterocycles. The maximum Gasteiger partial charge on any atom is 0.422 e. The van der Waals surface area contributed by atoms with Crippen molar-refractivity contribution in [3.63, 3.8) is 0 Å². The van der Waals surface area contributed by atoms with Crippen molar-refractivity contribution in [1.82, 2.24) is 20.2 Å². The second kappa shape index (κ2) is 10.4. The molecule has 2 N–H and O–H groups in total. The van der Waals surface area contributed by atoms with Crippen molar-refractivity contribution < 1.29 is 37.2 Å². The monoisotopic (exact) mass is 508 g/mol.